The van der Waals surface area contributed by atoms with Gasteiger partial charge in [-0.25, -0.2) is 0 Å². The molecule has 0 aromatic heterocycles. The minimum atomic E-state index is -0.500. The second kappa shape index (κ2) is 10.2. The van der Waals surface area contributed by atoms with Crippen molar-refractivity contribution >= 4 is 0 Å². The second-order valence-electron chi connectivity index (χ2n) is 8.11. The Morgan fingerprint density at radius 2 is 1.71 bits per heavy atom. The summed E-state index contributed by atoms with van der Waals surface area (Å²) in [5.41, 5.74) is 3.48. The van der Waals surface area contributed by atoms with E-state index in [1.54, 1.807) is 0 Å². The molecule has 0 saturated carbocycles. The van der Waals surface area contributed by atoms with E-state index >= 15 is 0 Å². The van der Waals surface area contributed by atoms with Gasteiger partial charge in [-0.05, 0) is 63.6 Å². The van der Waals surface area contributed by atoms with Crippen molar-refractivity contribution in [1.82, 2.24) is 9.80 Å². The lowest BCUT2D eigenvalue weighted by Crippen LogP contribution is -2.45. The van der Waals surface area contributed by atoms with Crippen LogP contribution in [0, 0.1) is 6.92 Å². The van der Waals surface area contributed by atoms with E-state index < -0.39 is 6.10 Å². The van der Waals surface area contributed by atoms with Gasteiger partial charge in [-0.3, -0.25) is 0 Å². The zero-order valence-electron chi connectivity index (χ0n) is 17.4. The summed E-state index contributed by atoms with van der Waals surface area (Å²) in [7, 11) is 4.30. The van der Waals surface area contributed by atoms with Crippen LogP contribution in [0.1, 0.15) is 35.6 Å². The van der Waals surface area contributed by atoms with E-state index in [9.17, 15) is 5.11 Å². The van der Waals surface area contributed by atoms with Crippen molar-refractivity contribution < 1.29 is 9.84 Å². The topological polar surface area (TPSA) is 35.9 Å². The van der Waals surface area contributed by atoms with E-state index in [0.717, 1.165) is 37.1 Å². The van der Waals surface area contributed by atoms with Crippen LogP contribution in [-0.2, 0) is 4.74 Å². The highest BCUT2D eigenvalue weighted by Gasteiger charge is 2.23. The number of hydrogen-bond acceptors (Lipinski definition) is 4. The van der Waals surface area contributed by atoms with E-state index in [1.807, 2.05) is 30.3 Å². The summed E-state index contributed by atoms with van der Waals surface area (Å²) in [6.07, 6.45) is 1.66. The Hall–Kier alpha value is -1.72. The average molecular weight is 383 g/mol. The molecule has 2 aromatic carbocycles. The molecular formula is C24H34N2O2. The molecule has 0 bridgehead atoms. The van der Waals surface area contributed by atoms with Crippen LogP contribution in [0.4, 0.5) is 0 Å². The van der Waals surface area contributed by atoms with Crippen LogP contribution >= 0.6 is 0 Å². The Morgan fingerprint density at radius 3 is 2.39 bits per heavy atom. The number of nitrogens with zero attached hydrogens (tertiary/aromatic N) is 2. The van der Waals surface area contributed by atoms with Crippen LogP contribution in [0.5, 0.6) is 0 Å². The molecule has 1 saturated heterocycles. The first-order chi connectivity index (χ1) is 13.5. The Balaban J connectivity index is 1.61. The van der Waals surface area contributed by atoms with Crippen LogP contribution in [0.3, 0.4) is 0 Å². The molecule has 1 fully saturated rings. The van der Waals surface area contributed by atoms with Gasteiger partial charge in [-0.2, -0.15) is 0 Å². The van der Waals surface area contributed by atoms with Crippen molar-refractivity contribution in [3.8, 4) is 0 Å². The van der Waals surface area contributed by atoms with Crippen molar-refractivity contribution in [2.75, 3.05) is 40.3 Å². The van der Waals surface area contributed by atoms with Gasteiger partial charge in [-0.1, -0.05) is 54.6 Å². The number of aliphatic hydroxyl groups excluding tert-OH is 1. The summed E-state index contributed by atoms with van der Waals surface area (Å²) in [6, 6.07) is 19.1. The molecule has 3 rings (SSSR count). The molecule has 0 radical (unpaired) electrons. The SMILES string of the molecule is Cc1ccccc1[C@@H](OC[C@@H](O)CN(C)C1CCN(C)CC1)c1ccccc1. The molecule has 152 valence electrons. The summed E-state index contributed by atoms with van der Waals surface area (Å²) < 4.78 is 6.28. The zero-order valence-corrected chi connectivity index (χ0v) is 17.4. The molecule has 0 unspecified atom stereocenters. The lowest BCUT2D eigenvalue weighted by Gasteiger charge is -2.36. The fraction of sp³-hybridized carbons (Fsp3) is 0.500. The van der Waals surface area contributed by atoms with E-state index in [4.69, 9.17) is 4.74 Å². The minimum Gasteiger partial charge on any atom is -0.389 e. The number of aliphatic hydroxyl groups is 1. The summed E-state index contributed by atoms with van der Waals surface area (Å²) in [5.74, 6) is 0. The second-order valence-corrected chi connectivity index (χ2v) is 8.11. The van der Waals surface area contributed by atoms with Gasteiger partial charge >= 0.3 is 0 Å². The van der Waals surface area contributed by atoms with Crippen LogP contribution in [0.25, 0.3) is 0 Å². The molecule has 4 heteroatoms. The van der Waals surface area contributed by atoms with Crippen LogP contribution in [0.15, 0.2) is 54.6 Å². The first-order valence-corrected chi connectivity index (χ1v) is 10.3. The summed E-state index contributed by atoms with van der Waals surface area (Å²) in [4.78, 5) is 4.67. The third kappa shape index (κ3) is 5.65. The van der Waals surface area contributed by atoms with Crippen molar-refractivity contribution in [1.29, 1.82) is 0 Å². The van der Waals surface area contributed by atoms with Gasteiger partial charge in [0, 0.05) is 12.6 Å². The molecule has 4 nitrogen and oxygen atoms in total. The number of piperidine rings is 1. The molecule has 0 aliphatic carbocycles. The summed E-state index contributed by atoms with van der Waals surface area (Å²) in [5, 5.41) is 10.6. The first-order valence-electron chi connectivity index (χ1n) is 10.3. The number of rotatable bonds is 8. The quantitative estimate of drug-likeness (QED) is 0.758. The zero-order chi connectivity index (χ0) is 19.9. The Morgan fingerprint density at radius 1 is 1.07 bits per heavy atom. The van der Waals surface area contributed by atoms with E-state index in [1.165, 1.54) is 5.56 Å². The van der Waals surface area contributed by atoms with Gasteiger partial charge in [0.05, 0.1) is 12.7 Å². The molecule has 1 aliphatic rings. The maximum atomic E-state index is 10.6. The van der Waals surface area contributed by atoms with Crippen molar-refractivity contribution in [3.63, 3.8) is 0 Å². The van der Waals surface area contributed by atoms with E-state index in [0.29, 0.717) is 19.2 Å². The average Bonchev–Trinajstić information content (AvgIpc) is 2.70. The molecule has 1 heterocycles. The lowest BCUT2D eigenvalue weighted by atomic mass is 9.97. The van der Waals surface area contributed by atoms with Crippen LogP contribution in [0.2, 0.25) is 0 Å². The predicted octanol–water partition coefficient (Wildman–Crippen LogP) is 3.49. The molecule has 1 N–H and O–H groups in total. The summed E-state index contributed by atoms with van der Waals surface area (Å²) >= 11 is 0. The van der Waals surface area contributed by atoms with Gasteiger partial charge in [0.25, 0.3) is 0 Å². The summed E-state index contributed by atoms with van der Waals surface area (Å²) in [6.45, 7) is 5.34. The third-order valence-electron chi connectivity index (χ3n) is 5.84. The molecule has 0 amide bonds. The lowest BCUT2D eigenvalue weighted by molar-refractivity contribution is -0.0136. The van der Waals surface area contributed by atoms with E-state index in [2.05, 4.69) is 55.1 Å². The highest BCUT2D eigenvalue weighted by molar-refractivity contribution is 5.35. The van der Waals surface area contributed by atoms with Gasteiger partial charge in [0.1, 0.15) is 6.10 Å². The Kier molecular flexibility index (Phi) is 7.63. The Bertz CT molecular complexity index is 714. The van der Waals surface area contributed by atoms with Gasteiger partial charge < -0.3 is 19.6 Å². The molecule has 0 spiro atoms. The van der Waals surface area contributed by atoms with Crippen molar-refractivity contribution in [2.24, 2.45) is 0 Å². The molecular weight excluding hydrogens is 348 g/mol. The number of likely N-dealkylation sites (N-methyl/N-ethyl adjacent to an activating group) is 1. The number of aryl methyl sites for hydroxylation is 1. The number of ether oxygens (including phenoxy) is 1. The minimum absolute atomic E-state index is 0.161. The first kappa shape index (κ1) is 21.0. The fourth-order valence-corrected chi connectivity index (χ4v) is 4.05. The van der Waals surface area contributed by atoms with Crippen LogP contribution < -0.4 is 0 Å². The van der Waals surface area contributed by atoms with Gasteiger partial charge in [0.15, 0.2) is 0 Å². The molecule has 2 atom stereocenters. The maximum absolute atomic E-state index is 10.6. The predicted molar refractivity (Wildman–Crippen MR) is 115 cm³/mol. The van der Waals surface area contributed by atoms with Crippen molar-refractivity contribution in [3.05, 3.63) is 71.3 Å². The van der Waals surface area contributed by atoms with Crippen LogP contribution in [-0.4, -0.2) is 67.4 Å². The molecule has 1 aliphatic heterocycles. The van der Waals surface area contributed by atoms with Gasteiger partial charge in [0.2, 0.25) is 0 Å². The van der Waals surface area contributed by atoms with Crippen molar-refractivity contribution in [2.45, 2.75) is 38.0 Å². The monoisotopic (exact) mass is 382 g/mol. The highest BCUT2D eigenvalue weighted by atomic mass is 16.5. The third-order valence-corrected chi connectivity index (χ3v) is 5.84. The normalized spacial score (nSPS) is 18.3. The van der Waals surface area contributed by atoms with E-state index in [-0.39, 0.29) is 6.10 Å². The number of benzene rings is 2. The smallest absolute Gasteiger partial charge is 0.108 e. The van der Waals surface area contributed by atoms with Gasteiger partial charge in [-0.15, -0.1) is 0 Å². The number of hydrogen-bond donors (Lipinski definition) is 1. The standard InChI is InChI=1S/C24H34N2O2/c1-19-9-7-8-12-23(19)24(20-10-5-4-6-11-20)28-18-22(27)17-26(3)21-13-15-25(2)16-14-21/h4-12,21-22,24,27H,13-18H2,1-3H3/t22-,24-/m0/s1. The molecule has 28 heavy (non-hydrogen) atoms. The number of likely N-dealkylation sites (tertiary alicyclic amines) is 1. The maximum Gasteiger partial charge on any atom is 0.108 e. The largest absolute Gasteiger partial charge is 0.389 e. The Labute approximate surface area is 169 Å². The highest BCUT2D eigenvalue weighted by Crippen LogP contribution is 2.28. The fourth-order valence-electron chi connectivity index (χ4n) is 4.05. The molecule has 2 aromatic rings.